The van der Waals surface area contributed by atoms with Crippen LogP contribution in [0.25, 0.3) is 11.1 Å². The maximum absolute atomic E-state index is 11.2. The molecule has 1 amide bonds. The number of oxazole rings is 1. The predicted molar refractivity (Wildman–Crippen MR) is 77.6 cm³/mol. The first-order chi connectivity index (χ1) is 8.40. The number of nitrogens with one attached hydrogen (secondary N) is 1. The van der Waals surface area contributed by atoms with Gasteiger partial charge in [0.2, 0.25) is 11.8 Å². The van der Waals surface area contributed by atoms with Crippen LogP contribution in [-0.4, -0.2) is 17.4 Å². The Morgan fingerprint density at radius 1 is 1.42 bits per heavy atom. The first kappa shape index (κ1) is 15.5. The zero-order valence-electron chi connectivity index (χ0n) is 11.2. The van der Waals surface area contributed by atoms with Gasteiger partial charge in [0, 0.05) is 11.1 Å². The summed E-state index contributed by atoms with van der Waals surface area (Å²) in [5.74, 6) is 0.452. The molecule has 0 radical (unpaired) electrons. The van der Waals surface area contributed by atoms with Crippen molar-refractivity contribution in [2.45, 2.75) is 26.2 Å². The lowest BCUT2D eigenvalue weighted by molar-refractivity contribution is -0.114. The average Bonchev–Trinajstić information content (AvgIpc) is 2.71. The van der Waals surface area contributed by atoms with Crippen molar-refractivity contribution >= 4 is 35.1 Å². The van der Waals surface area contributed by atoms with Crippen molar-refractivity contribution in [3.8, 4) is 0 Å². The molecule has 0 aliphatic carbocycles. The second-order valence-electron chi connectivity index (χ2n) is 5.20. The van der Waals surface area contributed by atoms with E-state index in [4.69, 9.17) is 10.2 Å². The number of rotatable bonds is 2. The van der Waals surface area contributed by atoms with Crippen LogP contribution in [0.1, 0.15) is 26.7 Å². The first-order valence-electron chi connectivity index (χ1n) is 5.81. The number of anilines is 1. The smallest absolute Gasteiger partial charge is 0.238 e. The third kappa shape index (κ3) is 3.45. The minimum absolute atomic E-state index is 0. The molecular weight excluding hydrogens is 266 g/mol. The molecule has 2 rings (SSSR count). The molecule has 0 fully saturated rings. The van der Waals surface area contributed by atoms with E-state index in [1.165, 1.54) is 0 Å². The summed E-state index contributed by atoms with van der Waals surface area (Å²) in [5.41, 5.74) is 7.23. The third-order valence-electron chi connectivity index (χ3n) is 2.50. The number of nitrogens with two attached hydrogens (primary N) is 1. The minimum atomic E-state index is -0.228. The molecule has 3 N–H and O–H groups in total. The number of hydrogen-bond acceptors (Lipinski definition) is 4. The summed E-state index contributed by atoms with van der Waals surface area (Å²) >= 11 is 0. The van der Waals surface area contributed by atoms with Crippen molar-refractivity contribution in [3.05, 3.63) is 24.1 Å². The van der Waals surface area contributed by atoms with Crippen molar-refractivity contribution in [3.63, 3.8) is 0 Å². The van der Waals surface area contributed by atoms with Crippen molar-refractivity contribution in [2.24, 2.45) is 5.73 Å². The Bertz CT molecular complexity index is 587. The molecule has 0 unspecified atom stereocenters. The molecule has 1 aromatic heterocycles. The lowest BCUT2D eigenvalue weighted by Gasteiger charge is -2.11. The van der Waals surface area contributed by atoms with E-state index in [0.29, 0.717) is 17.2 Å². The zero-order valence-corrected chi connectivity index (χ0v) is 12.0. The van der Waals surface area contributed by atoms with E-state index in [2.05, 4.69) is 10.3 Å². The van der Waals surface area contributed by atoms with Crippen LogP contribution in [0.15, 0.2) is 22.6 Å². The molecule has 0 spiro atoms. The molecule has 2 aromatic rings. The number of amides is 1. The Hall–Kier alpha value is -1.59. The summed E-state index contributed by atoms with van der Waals surface area (Å²) in [6.45, 7) is 6.07. The van der Waals surface area contributed by atoms with E-state index in [0.717, 1.165) is 5.52 Å². The van der Waals surface area contributed by atoms with Gasteiger partial charge >= 0.3 is 0 Å². The number of hydrogen-bond donors (Lipinski definition) is 2. The summed E-state index contributed by atoms with van der Waals surface area (Å²) in [7, 11) is 0. The highest BCUT2D eigenvalue weighted by atomic mass is 35.5. The van der Waals surface area contributed by atoms with E-state index < -0.39 is 0 Å². The first-order valence-corrected chi connectivity index (χ1v) is 5.81. The van der Waals surface area contributed by atoms with Gasteiger partial charge in [0.1, 0.15) is 5.52 Å². The maximum Gasteiger partial charge on any atom is 0.238 e. The number of nitrogens with zero attached hydrogens (tertiary/aromatic N) is 1. The molecule has 6 heteroatoms. The Labute approximate surface area is 118 Å². The van der Waals surface area contributed by atoms with Crippen LogP contribution < -0.4 is 11.1 Å². The number of aromatic nitrogens is 1. The minimum Gasteiger partial charge on any atom is -0.440 e. The molecule has 5 nitrogen and oxygen atoms in total. The largest absolute Gasteiger partial charge is 0.440 e. The SMILES string of the molecule is CC(C)(C)c1nc2cc(NC(=O)CN)ccc2o1.Cl. The van der Waals surface area contributed by atoms with Gasteiger partial charge in [-0.2, -0.15) is 0 Å². The van der Waals surface area contributed by atoms with Crippen LogP contribution in [0.2, 0.25) is 0 Å². The monoisotopic (exact) mass is 283 g/mol. The molecule has 1 aromatic carbocycles. The van der Waals surface area contributed by atoms with Gasteiger partial charge in [0.05, 0.1) is 6.54 Å². The summed E-state index contributed by atoms with van der Waals surface area (Å²) in [5, 5.41) is 2.69. The fourth-order valence-electron chi connectivity index (χ4n) is 1.54. The van der Waals surface area contributed by atoms with Crippen LogP contribution >= 0.6 is 12.4 Å². The van der Waals surface area contributed by atoms with Crippen molar-refractivity contribution in [2.75, 3.05) is 11.9 Å². The number of carbonyl (C=O) groups excluding carboxylic acids is 1. The quantitative estimate of drug-likeness (QED) is 0.887. The zero-order chi connectivity index (χ0) is 13.3. The summed E-state index contributed by atoms with van der Waals surface area (Å²) in [4.78, 5) is 15.6. The topological polar surface area (TPSA) is 81.2 Å². The third-order valence-corrected chi connectivity index (χ3v) is 2.50. The van der Waals surface area contributed by atoms with Gasteiger partial charge in [-0.15, -0.1) is 12.4 Å². The summed E-state index contributed by atoms with van der Waals surface area (Å²) < 4.78 is 5.67. The van der Waals surface area contributed by atoms with Crippen LogP contribution in [0, 0.1) is 0 Å². The second-order valence-corrected chi connectivity index (χ2v) is 5.20. The Morgan fingerprint density at radius 3 is 2.68 bits per heavy atom. The molecule has 1 heterocycles. The van der Waals surface area contributed by atoms with Gasteiger partial charge in [-0.25, -0.2) is 4.98 Å². The molecule has 0 aliphatic heterocycles. The van der Waals surface area contributed by atoms with Crippen molar-refractivity contribution in [1.29, 1.82) is 0 Å². The van der Waals surface area contributed by atoms with Crippen molar-refractivity contribution in [1.82, 2.24) is 4.98 Å². The number of fused-ring (bicyclic) bond motifs is 1. The average molecular weight is 284 g/mol. The summed E-state index contributed by atoms with van der Waals surface area (Å²) in [6, 6.07) is 5.35. The van der Waals surface area contributed by atoms with E-state index >= 15 is 0 Å². The normalized spacial score (nSPS) is 11.2. The molecule has 104 valence electrons. The van der Waals surface area contributed by atoms with Gasteiger partial charge in [0.15, 0.2) is 5.58 Å². The fraction of sp³-hybridized carbons (Fsp3) is 0.385. The highest BCUT2D eigenvalue weighted by molar-refractivity contribution is 5.93. The molecule has 0 atom stereocenters. The number of carbonyl (C=O) groups is 1. The van der Waals surface area contributed by atoms with Crippen LogP contribution in [-0.2, 0) is 10.2 Å². The van der Waals surface area contributed by atoms with Crippen LogP contribution in [0.5, 0.6) is 0 Å². The maximum atomic E-state index is 11.2. The van der Waals surface area contributed by atoms with E-state index in [1.54, 1.807) is 18.2 Å². The molecule has 19 heavy (non-hydrogen) atoms. The Balaban J connectivity index is 0.00000180. The van der Waals surface area contributed by atoms with Crippen LogP contribution in [0.4, 0.5) is 5.69 Å². The van der Waals surface area contributed by atoms with Gasteiger partial charge in [-0.3, -0.25) is 4.79 Å². The molecule has 0 saturated heterocycles. The Morgan fingerprint density at radius 2 is 2.11 bits per heavy atom. The van der Waals surface area contributed by atoms with Crippen molar-refractivity contribution < 1.29 is 9.21 Å². The van der Waals surface area contributed by atoms with Gasteiger partial charge in [-0.05, 0) is 18.2 Å². The van der Waals surface area contributed by atoms with E-state index in [9.17, 15) is 4.79 Å². The molecule has 0 aliphatic rings. The molecular formula is C13H18ClN3O2. The predicted octanol–water partition coefficient (Wildman–Crippen LogP) is 2.44. The van der Waals surface area contributed by atoms with E-state index in [-0.39, 0.29) is 30.3 Å². The van der Waals surface area contributed by atoms with E-state index in [1.807, 2.05) is 20.8 Å². The van der Waals surface area contributed by atoms with Gasteiger partial charge in [0.25, 0.3) is 0 Å². The lowest BCUT2D eigenvalue weighted by atomic mass is 9.97. The standard InChI is InChI=1S/C13H17N3O2.ClH/c1-13(2,3)12-16-9-6-8(15-11(17)7-14)4-5-10(9)18-12;/h4-6H,7,14H2,1-3H3,(H,15,17);1H. The fourth-order valence-corrected chi connectivity index (χ4v) is 1.54. The lowest BCUT2D eigenvalue weighted by Crippen LogP contribution is -2.21. The number of halogens is 1. The number of benzene rings is 1. The van der Waals surface area contributed by atoms with Crippen LogP contribution in [0.3, 0.4) is 0 Å². The van der Waals surface area contributed by atoms with Gasteiger partial charge in [-0.1, -0.05) is 20.8 Å². The molecule has 0 bridgehead atoms. The second kappa shape index (κ2) is 5.59. The molecule has 0 saturated carbocycles. The highest BCUT2D eigenvalue weighted by Crippen LogP contribution is 2.27. The van der Waals surface area contributed by atoms with Gasteiger partial charge < -0.3 is 15.5 Å². The Kier molecular flexibility index (Phi) is 4.55. The summed E-state index contributed by atoms with van der Waals surface area (Å²) in [6.07, 6.45) is 0. The highest BCUT2D eigenvalue weighted by Gasteiger charge is 2.20.